The van der Waals surface area contributed by atoms with E-state index in [2.05, 4.69) is 15.1 Å². The van der Waals surface area contributed by atoms with Crippen LogP contribution >= 0.6 is 0 Å². The van der Waals surface area contributed by atoms with Gasteiger partial charge in [0.25, 0.3) is 5.89 Å². The largest absolute Gasteiger partial charge is 0.397 e. The molecule has 112 valence electrons. The van der Waals surface area contributed by atoms with E-state index in [1.165, 1.54) is 0 Å². The Bertz CT molecular complexity index is 602. The van der Waals surface area contributed by atoms with Gasteiger partial charge in [-0.2, -0.15) is 4.98 Å². The Morgan fingerprint density at radius 2 is 2.14 bits per heavy atom. The predicted molar refractivity (Wildman–Crippen MR) is 75.3 cm³/mol. The Morgan fingerprint density at radius 3 is 2.86 bits per heavy atom. The van der Waals surface area contributed by atoms with Gasteiger partial charge in [0, 0.05) is 45.1 Å². The predicted octanol–water partition coefficient (Wildman–Crippen LogP) is 1.76. The van der Waals surface area contributed by atoms with Gasteiger partial charge in [0.1, 0.15) is 5.60 Å². The van der Waals surface area contributed by atoms with Crippen LogP contribution < -0.4 is 5.73 Å². The number of nitrogens with two attached hydrogens (primary N) is 1. The van der Waals surface area contributed by atoms with E-state index in [1.807, 2.05) is 6.92 Å². The number of hydrogen-bond donors (Lipinski definition) is 1. The molecule has 1 aliphatic rings. The lowest BCUT2D eigenvalue weighted by Gasteiger charge is -2.33. The van der Waals surface area contributed by atoms with Crippen LogP contribution in [0.15, 0.2) is 23.0 Å². The summed E-state index contributed by atoms with van der Waals surface area (Å²) >= 11 is 0. The maximum absolute atomic E-state index is 5.92. The van der Waals surface area contributed by atoms with Gasteiger partial charge in [-0.15, -0.1) is 0 Å². The van der Waals surface area contributed by atoms with Crippen molar-refractivity contribution in [3.05, 3.63) is 24.3 Å². The van der Waals surface area contributed by atoms with Crippen LogP contribution in [-0.2, 0) is 15.1 Å². The van der Waals surface area contributed by atoms with E-state index in [1.54, 1.807) is 18.5 Å². The van der Waals surface area contributed by atoms with E-state index in [9.17, 15) is 0 Å². The first-order valence-electron chi connectivity index (χ1n) is 7.00. The second-order valence-corrected chi connectivity index (χ2v) is 4.97. The molecule has 2 aromatic rings. The third-order valence-electron chi connectivity index (χ3n) is 3.56. The number of pyridine rings is 1. The molecule has 0 saturated carbocycles. The molecule has 0 aromatic carbocycles. The maximum Gasteiger partial charge on any atom is 0.259 e. The van der Waals surface area contributed by atoms with Gasteiger partial charge < -0.3 is 19.7 Å². The summed E-state index contributed by atoms with van der Waals surface area (Å²) in [5.74, 6) is 0.959. The molecule has 3 heterocycles. The molecule has 7 heteroatoms. The van der Waals surface area contributed by atoms with Crippen LogP contribution in [0.25, 0.3) is 11.5 Å². The van der Waals surface area contributed by atoms with Crippen LogP contribution in [0, 0.1) is 0 Å². The molecule has 1 saturated heterocycles. The summed E-state index contributed by atoms with van der Waals surface area (Å²) < 4.78 is 16.7. The zero-order chi connectivity index (χ0) is 14.7. The Hall–Kier alpha value is -1.99. The second kappa shape index (κ2) is 5.79. The molecule has 0 radical (unpaired) electrons. The summed E-state index contributed by atoms with van der Waals surface area (Å²) in [7, 11) is 0. The van der Waals surface area contributed by atoms with Crippen molar-refractivity contribution in [2.75, 3.05) is 25.6 Å². The molecular weight excluding hydrogens is 272 g/mol. The van der Waals surface area contributed by atoms with Gasteiger partial charge in [0.2, 0.25) is 5.82 Å². The average molecular weight is 290 g/mol. The molecule has 7 nitrogen and oxygen atoms in total. The Morgan fingerprint density at radius 1 is 1.33 bits per heavy atom. The molecule has 0 aliphatic carbocycles. The minimum absolute atomic E-state index is 0.398. The first kappa shape index (κ1) is 14.0. The van der Waals surface area contributed by atoms with Crippen LogP contribution in [0.3, 0.4) is 0 Å². The van der Waals surface area contributed by atoms with Gasteiger partial charge >= 0.3 is 0 Å². The van der Waals surface area contributed by atoms with E-state index >= 15 is 0 Å². The van der Waals surface area contributed by atoms with Gasteiger partial charge in [-0.3, -0.25) is 4.98 Å². The first-order chi connectivity index (χ1) is 10.2. The summed E-state index contributed by atoms with van der Waals surface area (Å²) in [6, 6.07) is 1.75. The highest BCUT2D eigenvalue weighted by atomic mass is 16.5. The van der Waals surface area contributed by atoms with Crippen molar-refractivity contribution in [2.24, 2.45) is 0 Å². The minimum atomic E-state index is -0.525. The summed E-state index contributed by atoms with van der Waals surface area (Å²) in [6.45, 7) is 3.80. The molecule has 0 atom stereocenters. The van der Waals surface area contributed by atoms with Crippen molar-refractivity contribution in [2.45, 2.75) is 25.4 Å². The van der Waals surface area contributed by atoms with Crippen LogP contribution in [-0.4, -0.2) is 34.9 Å². The number of aromatic nitrogens is 3. The number of nitrogen functional groups attached to an aromatic ring is 1. The smallest absolute Gasteiger partial charge is 0.259 e. The summed E-state index contributed by atoms with van der Waals surface area (Å²) in [6.07, 6.45) is 4.65. The molecule has 1 fully saturated rings. The standard InChI is InChI=1S/C14H18N4O3/c1-2-20-14(3-5-19-6-4-14)13-17-12(21-18-13)10-7-11(15)9-16-8-10/h7-9H,2-6,15H2,1H3. The molecule has 0 amide bonds. The molecular formula is C14H18N4O3. The van der Waals surface area contributed by atoms with Crippen molar-refractivity contribution in [3.8, 4) is 11.5 Å². The number of anilines is 1. The molecule has 2 N–H and O–H groups in total. The SMILES string of the molecule is CCOC1(c2noc(-c3cncc(N)c3)n2)CCOCC1. The zero-order valence-electron chi connectivity index (χ0n) is 11.9. The number of hydrogen-bond acceptors (Lipinski definition) is 7. The van der Waals surface area contributed by atoms with Crippen molar-refractivity contribution < 1.29 is 14.0 Å². The fraction of sp³-hybridized carbons (Fsp3) is 0.500. The quantitative estimate of drug-likeness (QED) is 0.916. The lowest BCUT2D eigenvalue weighted by molar-refractivity contribution is -0.118. The lowest BCUT2D eigenvalue weighted by Crippen LogP contribution is -2.37. The Kier molecular flexibility index (Phi) is 3.85. The van der Waals surface area contributed by atoms with Crippen molar-refractivity contribution in [1.29, 1.82) is 0 Å². The fourth-order valence-electron chi connectivity index (χ4n) is 2.51. The van der Waals surface area contributed by atoms with Gasteiger partial charge in [-0.25, -0.2) is 0 Å². The van der Waals surface area contributed by atoms with Crippen LogP contribution in [0.1, 0.15) is 25.6 Å². The topological polar surface area (TPSA) is 96.3 Å². The molecule has 0 bridgehead atoms. The van der Waals surface area contributed by atoms with E-state index in [0.717, 1.165) is 12.8 Å². The summed E-state index contributed by atoms with van der Waals surface area (Å²) in [5, 5.41) is 4.10. The maximum atomic E-state index is 5.92. The van der Waals surface area contributed by atoms with E-state index in [0.29, 0.717) is 42.8 Å². The summed E-state index contributed by atoms with van der Waals surface area (Å²) in [5.41, 5.74) is 6.46. The molecule has 0 spiro atoms. The first-order valence-corrected chi connectivity index (χ1v) is 7.00. The monoisotopic (exact) mass is 290 g/mol. The van der Waals surface area contributed by atoms with Crippen molar-refractivity contribution in [1.82, 2.24) is 15.1 Å². The third kappa shape index (κ3) is 2.74. The van der Waals surface area contributed by atoms with Gasteiger partial charge in [0.05, 0.1) is 11.3 Å². The molecule has 3 rings (SSSR count). The Balaban J connectivity index is 1.92. The molecule has 2 aromatic heterocycles. The van der Waals surface area contributed by atoms with E-state index in [-0.39, 0.29) is 0 Å². The number of ether oxygens (including phenoxy) is 2. The molecule has 0 unspecified atom stereocenters. The summed E-state index contributed by atoms with van der Waals surface area (Å²) in [4.78, 5) is 8.51. The van der Waals surface area contributed by atoms with Crippen LogP contribution in [0.4, 0.5) is 5.69 Å². The van der Waals surface area contributed by atoms with Crippen molar-refractivity contribution in [3.63, 3.8) is 0 Å². The minimum Gasteiger partial charge on any atom is -0.397 e. The molecule has 1 aliphatic heterocycles. The normalized spacial score (nSPS) is 17.8. The number of rotatable bonds is 4. The second-order valence-electron chi connectivity index (χ2n) is 4.97. The van der Waals surface area contributed by atoms with Crippen LogP contribution in [0.5, 0.6) is 0 Å². The van der Waals surface area contributed by atoms with Gasteiger partial charge in [-0.1, -0.05) is 5.16 Å². The van der Waals surface area contributed by atoms with Gasteiger partial charge in [0.15, 0.2) is 0 Å². The van der Waals surface area contributed by atoms with Crippen LogP contribution in [0.2, 0.25) is 0 Å². The Labute approximate surface area is 122 Å². The third-order valence-corrected chi connectivity index (χ3v) is 3.56. The lowest BCUT2D eigenvalue weighted by atomic mass is 9.93. The highest BCUT2D eigenvalue weighted by molar-refractivity contribution is 5.57. The van der Waals surface area contributed by atoms with E-state index < -0.39 is 5.60 Å². The number of nitrogens with zero attached hydrogens (tertiary/aromatic N) is 3. The van der Waals surface area contributed by atoms with Crippen molar-refractivity contribution >= 4 is 5.69 Å². The highest BCUT2D eigenvalue weighted by Crippen LogP contribution is 2.35. The van der Waals surface area contributed by atoms with Gasteiger partial charge in [-0.05, 0) is 13.0 Å². The zero-order valence-corrected chi connectivity index (χ0v) is 11.9. The molecule has 21 heavy (non-hydrogen) atoms. The fourth-order valence-corrected chi connectivity index (χ4v) is 2.51. The highest BCUT2D eigenvalue weighted by Gasteiger charge is 2.40. The average Bonchev–Trinajstić information content (AvgIpc) is 2.99. The van der Waals surface area contributed by atoms with E-state index in [4.69, 9.17) is 19.7 Å².